The molecule has 682 valence electrons. The molecule has 3 aromatic heterocycles. The fourth-order valence-corrected chi connectivity index (χ4v) is 17.8. The number of carbonyl (C=O) groups excluding carboxylic acids is 9. The van der Waals surface area contributed by atoms with Crippen molar-refractivity contribution < 1.29 is 100 Å². The van der Waals surface area contributed by atoms with Crippen molar-refractivity contribution in [3.8, 4) is 0 Å². The molecule has 0 spiro atoms. The number of likely N-dealkylation sites (N-methyl/N-ethyl adjacent to an activating group) is 2. The Hall–Kier alpha value is -10.5. The van der Waals surface area contributed by atoms with E-state index in [1.807, 2.05) is 143 Å². The van der Waals surface area contributed by atoms with E-state index in [1.165, 1.54) is 51.6 Å². The first-order chi connectivity index (χ1) is 60.2. The average molecular weight is 1750 g/mol. The molecule has 0 saturated carbocycles. The highest BCUT2D eigenvalue weighted by molar-refractivity contribution is 6.02. The van der Waals surface area contributed by atoms with Crippen LogP contribution in [-0.4, -0.2) is 225 Å². The van der Waals surface area contributed by atoms with Crippen molar-refractivity contribution in [3.63, 3.8) is 0 Å². The molecule has 27 nitrogen and oxygen atoms in total. The third-order valence-corrected chi connectivity index (χ3v) is 24.7. The molecular weight excluding hydrogens is 1620 g/mol. The summed E-state index contributed by atoms with van der Waals surface area (Å²) in [6.07, 6.45) is 9.08. The number of para-hydroxylation sites is 2. The number of hydrogen-bond acceptors (Lipinski definition) is 26. The number of nitrogens with zero attached hydrogens (tertiary/aromatic N) is 6. The minimum Gasteiger partial charge on any atom is -0.458 e. The highest BCUT2D eigenvalue weighted by Crippen LogP contribution is 2.43. The van der Waals surface area contributed by atoms with Crippen LogP contribution in [0.25, 0.3) is 34.0 Å². The van der Waals surface area contributed by atoms with Crippen LogP contribution in [0.3, 0.4) is 0 Å². The van der Waals surface area contributed by atoms with Crippen molar-refractivity contribution in [1.82, 2.24) is 29.3 Å². The van der Waals surface area contributed by atoms with Gasteiger partial charge in [-0.1, -0.05) is 139 Å². The molecule has 27 heteroatoms. The number of rotatable bonds is 21. The Morgan fingerprint density at radius 1 is 0.551 bits per heavy atom. The number of allylic oxidation sites excluding steroid dienone is 2. The summed E-state index contributed by atoms with van der Waals surface area (Å²) in [5, 5.41) is 13.4. The minimum absolute atomic E-state index is 0.00650. The van der Waals surface area contributed by atoms with E-state index < -0.39 is 149 Å². The van der Waals surface area contributed by atoms with Crippen LogP contribution >= 0.6 is 0 Å². The third-order valence-electron chi connectivity index (χ3n) is 24.7. The Labute approximate surface area is 745 Å². The molecule has 7 heterocycles. The molecule has 127 heavy (non-hydrogen) atoms. The SMILES string of the molecule is CC[C@H]1OC(=O)[C@H](C)C(=O)[C@H](C)[C@@H](O[C@@H]2O[C@H](C)C[C@H](N(C)C)[C@H]2OC(=O)c2ccccc2)[C@](C)(OC/C=C/c2cnc3ccccc3c2)C[C@@H](C)C(=O)/C(C)=C/[C@]1(C)O.CC[C@H]1OC(=O)[C@H](C)C(=O)[C@H](C)[C@@H](O[C@@H]2O[C@H](C)C[C@H](N(C)C)[C@H]2OC(=O)c2ccccc2)[C@](C)(OC/C=C/c2cnc3ccccc3c2)C[C@@H](C)C(=O)/C(C)=C/[C@]1(C)OC(=O)n1ccnc1. The summed E-state index contributed by atoms with van der Waals surface area (Å²) in [7, 11) is 7.54. The Morgan fingerprint density at radius 3 is 1.35 bits per heavy atom. The first-order valence-corrected chi connectivity index (χ1v) is 43.9. The second-order valence-electron chi connectivity index (χ2n) is 35.6. The molecule has 0 amide bonds. The van der Waals surface area contributed by atoms with Gasteiger partial charge in [0, 0.05) is 59.2 Å². The van der Waals surface area contributed by atoms with Crippen LogP contribution in [0.1, 0.15) is 181 Å². The summed E-state index contributed by atoms with van der Waals surface area (Å²) in [5.41, 5.74) is -1.59. The Bertz CT molecular complexity index is 5110. The van der Waals surface area contributed by atoms with E-state index in [4.69, 9.17) is 52.1 Å². The first kappa shape index (κ1) is 98.7. The van der Waals surface area contributed by atoms with E-state index in [9.17, 15) is 48.3 Å². The number of carbonyl (C=O) groups is 9. The fourth-order valence-electron chi connectivity index (χ4n) is 17.8. The van der Waals surface area contributed by atoms with Gasteiger partial charge in [0.15, 0.2) is 53.5 Å². The van der Waals surface area contributed by atoms with Gasteiger partial charge in [-0.2, -0.15) is 0 Å². The van der Waals surface area contributed by atoms with Crippen molar-refractivity contribution in [3.05, 3.63) is 210 Å². The van der Waals surface area contributed by atoms with Crippen molar-refractivity contribution in [2.75, 3.05) is 41.4 Å². The van der Waals surface area contributed by atoms with Gasteiger partial charge in [-0.25, -0.2) is 23.9 Å². The molecule has 2 saturated heterocycles. The molecule has 2 fully saturated rings. The molecule has 0 aliphatic carbocycles. The van der Waals surface area contributed by atoms with Crippen LogP contribution < -0.4 is 0 Å². The minimum atomic E-state index is -1.69. The number of imidazole rings is 1. The first-order valence-electron chi connectivity index (χ1n) is 43.9. The fraction of sp³-hybridized carbons (Fsp3) is 0.500. The monoisotopic (exact) mass is 1750 g/mol. The molecule has 4 aromatic carbocycles. The van der Waals surface area contributed by atoms with E-state index >= 15 is 0 Å². The van der Waals surface area contributed by atoms with Crippen LogP contribution in [0.2, 0.25) is 0 Å². The largest absolute Gasteiger partial charge is 0.458 e. The van der Waals surface area contributed by atoms with Gasteiger partial charge in [0.2, 0.25) is 0 Å². The van der Waals surface area contributed by atoms with Crippen molar-refractivity contribution in [2.45, 2.75) is 245 Å². The average Bonchev–Trinajstić information content (AvgIpc) is 0.921. The summed E-state index contributed by atoms with van der Waals surface area (Å²) in [6, 6.07) is 36.1. The van der Waals surface area contributed by atoms with E-state index in [0.29, 0.717) is 24.0 Å². The summed E-state index contributed by atoms with van der Waals surface area (Å²) >= 11 is 0. The van der Waals surface area contributed by atoms with Gasteiger partial charge in [-0.05, 0) is 219 Å². The zero-order chi connectivity index (χ0) is 92.6. The summed E-state index contributed by atoms with van der Waals surface area (Å²) in [5.74, 6) is -10.7. The molecule has 11 rings (SSSR count). The number of pyridine rings is 2. The number of hydrogen-bond donors (Lipinski definition) is 1. The van der Waals surface area contributed by atoms with Gasteiger partial charge >= 0.3 is 30.0 Å². The number of aromatic nitrogens is 4. The summed E-state index contributed by atoms with van der Waals surface area (Å²) in [4.78, 5) is 144. The summed E-state index contributed by atoms with van der Waals surface area (Å²) < 4.78 is 72.2. The van der Waals surface area contributed by atoms with Crippen LogP contribution in [0.5, 0.6) is 0 Å². The van der Waals surface area contributed by atoms with Gasteiger partial charge in [-0.15, -0.1) is 0 Å². The Balaban J connectivity index is 0.000000266. The van der Waals surface area contributed by atoms with Crippen molar-refractivity contribution in [2.24, 2.45) is 35.5 Å². The topological polar surface area (TPSA) is 325 Å². The quantitative estimate of drug-likeness (QED) is 0.0397. The lowest BCUT2D eigenvalue weighted by Crippen LogP contribution is -2.60. The van der Waals surface area contributed by atoms with E-state index in [2.05, 4.69) is 15.0 Å². The maximum atomic E-state index is 14.9. The van der Waals surface area contributed by atoms with Crippen LogP contribution in [0.15, 0.2) is 188 Å². The van der Waals surface area contributed by atoms with Crippen LogP contribution in [0.4, 0.5) is 4.79 Å². The number of esters is 4. The maximum Gasteiger partial charge on any atom is 0.420 e. The van der Waals surface area contributed by atoms with Gasteiger partial charge in [0.05, 0.1) is 83.1 Å². The molecular formula is C100H126N6O21. The smallest absolute Gasteiger partial charge is 0.420 e. The lowest BCUT2D eigenvalue weighted by molar-refractivity contribution is -0.296. The number of benzene rings is 4. The zero-order valence-corrected chi connectivity index (χ0v) is 76.7. The van der Waals surface area contributed by atoms with Crippen molar-refractivity contribution in [1.29, 1.82) is 0 Å². The molecule has 0 radical (unpaired) electrons. The van der Waals surface area contributed by atoms with E-state index in [0.717, 1.165) is 37.5 Å². The number of ether oxygens (including phenoxy) is 11. The third kappa shape index (κ3) is 24.7. The number of ketones is 4. The Kier molecular flexibility index (Phi) is 33.9. The molecule has 1 N–H and O–H groups in total. The number of aliphatic hydroxyl groups is 1. The molecule has 4 aliphatic heterocycles. The predicted octanol–water partition coefficient (Wildman–Crippen LogP) is 15.2. The normalized spacial score (nSPS) is 32.1. The molecule has 7 aromatic rings. The summed E-state index contributed by atoms with van der Waals surface area (Å²) in [6.45, 7) is 27.0. The second kappa shape index (κ2) is 43.6. The molecule has 0 unspecified atom stereocenters. The Morgan fingerprint density at radius 2 is 0.953 bits per heavy atom. The van der Waals surface area contributed by atoms with Gasteiger partial charge in [0.25, 0.3) is 0 Å². The molecule has 4 aliphatic rings. The number of fused-ring (bicyclic) bond motifs is 2. The standard InChI is InChI=1S/C52H64N4O11.C48H62N2O10/c1-11-42-51(7,67-50(61)56-24-23-53-31-56)28-32(2)43(57)33(3)29-52(8,62-25-17-18-37-27-39-21-15-16-22-40(39)54-30-37)46(35(5)44(58)36(6)47(59)64-42)66-49-45(41(55(9)10)26-34(4)63-49)65-48(60)38-19-13-12-14-20-38;1-11-39-47(7,55)26-29(2)40(51)30(3)27-48(8,56-23-17-18-34-25-36-21-15-16-22-37(36)49-28-34)43(32(5)41(52)33(6)44(53)58-39)60-46-42(38(50(9)10)24-31(4)57-46)59-45(54)35-19-13-12-14-20-35/h12-24,27-28,30-31,33-36,41-42,45-46,49H,11,25-26,29H2,1-10H3;12-22,25-26,28,30-33,38-39,42-43,46,55H,11,23-24,27H2,1-10H3/b18-17+,32-28+;18-17+,29-26+/t33-,34-,35+,36-,41+,42-,45-,46-,49+,51+,52-;30-,31-,32+,33-,38+,39-,42-,43-,46+,47+,48-/m11/s1. The van der Waals surface area contributed by atoms with Gasteiger partial charge < -0.3 is 67.0 Å². The van der Waals surface area contributed by atoms with Crippen LogP contribution in [0, 0.1) is 35.5 Å². The highest BCUT2D eigenvalue weighted by atomic mass is 16.7. The lowest BCUT2D eigenvalue weighted by atomic mass is 9.76. The molecule has 22 atom stereocenters. The van der Waals surface area contributed by atoms with Gasteiger partial charge in [-0.3, -0.25) is 38.7 Å². The maximum absolute atomic E-state index is 14.9. The predicted molar refractivity (Wildman–Crippen MR) is 479 cm³/mol. The lowest BCUT2D eigenvalue weighted by Gasteiger charge is -2.47. The van der Waals surface area contributed by atoms with Gasteiger partial charge in [0.1, 0.15) is 36.0 Å². The van der Waals surface area contributed by atoms with E-state index in [1.54, 1.807) is 143 Å². The van der Waals surface area contributed by atoms with E-state index in [-0.39, 0.29) is 85.9 Å². The highest BCUT2D eigenvalue weighted by Gasteiger charge is 2.55. The number of cyclic esters (lactones) is 2. The second-order valence-corrected chi connectivity index (χ2v) is 35.6. The van der Waals surface area contributed by atoms with Crippen molar-refractivity contribution >= 4 is 87.1 Å². The number of Topliss-reactive ketones (excluding diaryl/α,β-unsaturated/α-hetero) is 4. The zero-order valence-electron chi connectivity index (χ0n) is 76.7. The van der Waals surface area contributed by atoms with Crippen LogP contribution in [-0.2, 0) is 80.9 Å². The molecule has 0 bridgehead atoms.